The summed E-state index contributed by atoms with van der Waals surface area (Å²) in [4.78, 5) is 18.8. The van der Waals surface area contributed by atoms with Gasteiger partial charge in [0.25, 0.3) is 5.91 Å². The van der Waals surface area contributed by atoms with Crippen LogP contribution in [0.2, 0.25) is 0 Å². The van der Waals surface area contributed by atoms with Crippen LogP contribution in [0.4, 0.5) is 0 Å². The predicted octanol–water partition coefficient (Wildman–Crippen LogP) is 2.47. The molecule has 0 aromatic carbocycles. The minimum Gasteiger partial charge on any atom is -0.369 e. The zero-order chi connectivity index (χ0) is 13.7. The molecule has 0 saturated carbocycles. The zero-order valence-corrected chi connectivity index (χ0v) is 12.0. The fourth-order valence-corrected chi connectivity index (χ4v) is 2.91. The van der Waals surface area contributed by atoms with Gasteiger partial charge < -0.3 is 4.90 Å². The molecule has 0 bridgehead atoms. The van der Waals surface area contributed by atoms with Gasteiger partial charge >= 0.3 is 0 Å². The van der Waals surface area contributed by atoms with Crippen molar-refractivity contribution in [3.8, 4) is 6.07 Å². The Morgan fingerprint density at radius 3 is 2.44 bits per heavy atom. The van der Waals surface area contributed by atoms with Crippen molar-refractivity contribution in [3.63, 3.8) is 0 Å². The molecule has 0 aliphatic carbocycles. The van der Waals surface area contributed by atoms with Gasteiger partial charge in [-0.15, -0.1) is 11.3 Å². The molecule has 0 saturated heterocycles. The Hall–Kier alpha value is -1.67. The van der Waals surface area contributed by atoms with E-state index in [9.17, 15) is 4.79 Å². The fourth-order valence-electron chi connectivity index (χ4n) is 1.74. The van der Waals surface area contributed by atoms with Gasteiger partial charge in [0.15, 0.2) is 0 Å². The summed E-state index contributed by atoms with van der Waals surface area (Å²) in [5.41, 5.74) is 1.97. The van der Waals surface area contributed by atoms with Gasteiger partial charge in [-0.2, -0.15) is 10.3 Å². The van der Waals surface area contributed by atoms with Crippen molar-refractivity contribution in [1.29, 1.82) is 5.26 Å². The average Bonchev–Trinajstić information content (AvgIpc) is 2.73. The van der Waals surface area contributed by atoms with Crippen LogP contribution >= 0.6 is 11.3 Å². The molecule has 0 aliphatic heterocycles. The van der Waals surface area contributed by atoms with E-state index in [4.69, 9.17) is 5.26 Å². The molecule has 0 atom stereocenters. The molecule has 5 heteroatoms. The van der Waals surface area contributed by atoms with Crippen LogP contribution in [0.3, 0.4) is 0 Å². The fraction of sp³-hybridized carbons (Fsp3) is 0.462. The summed E-state index contributed by atoms with van der Waals surface area (Å²) in [6.07, 6.45) is 3.01. The molecule has 1 aromatic heterocycles. The quantitative estimate of drug-likeness (QED) is 0.619. The van der Waals surface area contributed by atoms with E-state index in [1.807, 2.05) is 27.9 Å². The van der Waals surface area contributed by atoms with Crippen LogP contribution in [0.5, 0.6) is 0 Å². The summed E-state index contributed by atoms with van der Waals surface area (Å²) >= 11 is 1.25. The van der Waals surface area contributed by atoms with E-state index < -0.39 is 0 Å². The highest BCUT2D eigenvalue weighted by Gasteiger charge is 2.19. The van der Waals surface area contributed by atoms with E-state index in [2.05, 4.69) is 11.1 Å². The molecule has 0 spiro atoms. The van der Waals surface area contributed by atoms with Gasteiger partial charge in [-0.3, -0.25) is 4.79 Å². The molecular formula is C13H17N3OS. The molecular weight excluding hydrogens is 246 g/mol. The predicted molar refractivity (Wildman–Crippen MR) is 74.3 cm³/mol. The minimum absolute atomic E-state index is 0.262. The Kier molecular flexibility index (Phi) is 5.05. The van der Waals surface area contributed by atoms with Crippen molar-refractivity contribution < 1.29 is 4.79 Å². The summed E-state index contributed by atoms with van der Waals surface area (Å²) in [6.45, 7) is 3.99. The Morgan fingerprint density at radius 2 is 2.00 bits per heavy atom. The molecule has 0 unspecified atom stereocenters. The number of hydrogen-bond donors (Lipinski definition) is 0. The number of aliphatic imine (C=N–C) groups is 1. The highest BCUT2D eigenvalue weighted by molar-refractivity contribution is 7.15. The first-order valence-electron chi connectivity index (χ1n) is 5.84. The second kappa shape index (κ2) is 6.31. The molecule has 0 N–H and O–H groups in total. The van der Waals surface area contributed by atoms with Gasteiger partial charge in [0, 0.05) is 14.1 Å². The molecule has 0 radical (unpaired) electrons. The Morgan fingerprint density at radius 1 is 1.39 bits per heavy atom. The molecule has 0 fully saturated rings. The minimum atomic E-state index is -0.262. The highest BCUT2D eigenvalue weighted by Crippen LogP contribution is 2.29. The van der Waals surface area contributed by atoms with Crippen molar-refractivity contribution in [1.82, 2.24) is 4.90 Å². The van der Waals surface area contributed by atoms with Crippen molar-refractivity contribution in [2.75, 3.05) is 14.1 Å². The standard InChI is InChI=1S/C13H17N3OS/c1-5-9-10(6-2)12(18-11(9)7-14)13(17)15-8-16(3)4/h8H,5-6H2,1-4H3. The van der Waals surface area contributed by atoms with E-state index in [0.717, 1.165) is 24.0 Å². The summed E-state index contributed by atoms with van der Waals surface area (Å²) in [5.74, 6) is -0.262. The van der Waals surface area contributed by atoms with Crippen LogP contribution in [0.1, 0.15) is 39.5 Å². The lowest BCUT2D eigenvalue weighted by atomic mass is 10.0. The number of thiophene rings is 1. The normalized spacial score (nSPS) is 10.6. The third kappa shape index (κ3) is 2.96. The van der Waals surface area contributed by atoms with Crippen molar-refractivity contribution in [3.05, 3.63) is 20.9 Å². The number of carbonyl (C=O) groups excluding carboxylic acids is 1. The second-order valence-electron chi connectivity index (χ2n) is 4.05. The van der Waals surface area contributed by atoms with Crippen molar-refractivity contribution in [2.24, 2.45) is 4.99 Å². The smallest absolute Gasteiger partial charge is 0.288 e. The molecule has 1 rings (SSSR count). The average molecular weight is 263 g/mol. The molecule has 1 amide bonds. The number of hydrogen-bond acceptors (Lipinski definition) is 3. The molecule has 1 aromatic rings. The van der Waals surface area contributed by atoms with E-state index in [1.54, 1.807) is 4.90 Å². The van der Waals surface area contributed by atoms with Crippen molar-refractivity contribution in [2.45, 2.75) is 26.7 Å². The SMILES string of the molecule is CCc1c(C#N)sc(C(=O)N=CN(C)C)c1CC. The summed E-state index contributed by atoms with van der Waals surface area (Å²) in [6, 6.07) is 2.17. The summed E-state index contributed by atoms with van der Waals surface area (Å²) < 4.78 is 0. The first-order valence-corrected chi connectivity index (χ1v) is 6.66. The van der Waals surface area contributed by atoms with Crippen LogP contribution in [0.25, 0.3) is 0 Å². The van der Waals surface area contributed by atoms with Crippen molar-refractivity contribution >= 4 is 23.6 Å². The van der Waals surface area contributed by atoms with Gasteiger partial charge in [0.1, 0.15) is 10.9 Å². The first kappa shape index (κ1) is 14.4. The number of nitrogens with zero attached hydrogens (tertiary/aromatic N) is 3. The maximum Gasteiger partial charge on any atom is 0.288 e. The Balaban J connectivity index is 3.21. The maximum absolute atomic E-state index is 12.0. The van der Waals surface area contributed by atoms with Crippen LogP contribution in [0, 0.1) is 11.3 Å². The van der Waals surface area contributed by atoms with Gasteiger partial charge in [-0.25, -0.2) is 0 Å². The summed E-state index contributed by atoms with van der Waals surface area (Å²) in [7, 11) is 3.62. The van der Waals surface area contributed by atoms with Crippen LogP contribution < -0.4 is 0 Å². The van der Waals surface area contributed by atoms with E-state index in [1.165, 1.54) is 17.7 Å². The number of carbonyl (C=O) groups is 1. The molecule has 96 valence electrons. The number of nitriles is 1. The van der Waals surface area contributed by atoms with Crippen LogP contribution in [-0.2, 0) is 12.8 Å². The second-order valence-corrected chi connectivity index (χ2v) is 5.07. The third-order valence-corrected chi connectivity index (χ3v) is 3.69. The van der Waals surface area contributed by atoms with Crippen LogP contribution in [0.15, 0.2) is 4.99 Å². The molecule has 18 heavy (non-hydrogen) atoms. The third-order valence-electron chi connectivity index (χ3n) is 2.53. The molecule has 0 aliphatic rings. The largest absolute Gasteiger partial charge is 0.369 e. The lowest BCUT2D eigenvalue weighted by molar-refractivity contribution is 0.101. The number of amides is 1. The van der Waals surface area contributed by atoms with E-state index in [-0.39, 0.29) is 5.91 Å². The Labute approximate surface area is 112 Å². The van der Waals surface area contributed by atoms with Gasteiger partial charge in [0.2, 0.25) is 0 Å². The van der Waals surface area contributed by atoms with E-state index >= 15 is 0 Å². The van der Waals surface area contributed by atoms with E-state index in [0.29, 0.717) is 9.75 Å². The summed E-state index contributed by atoms with van der Waals surface area (Å²) in [5, 5.41) is 9.09. The molecule has 1 heterocycles. The lowest BCUT2D eigenvalue weighted by Gasteiger charge is -2.02. The van der Waals surface area contributed by atoms with Gasteiger partial charge in [-0.05, 0) is 24.0 Å². The Bertz CT molecular complexity index is 509. The topological polar surface area (TPSA) is 56.5 Å². The highest BCUT2D eigenvalue weighted by atomic mass is 32.1. The lowest BCUT2D eigenvalue weighted by Crippen LogP contribution is -2.10. The maximum atomic E-state index is 12.0. The van der Waals surface area contributed by atoms with Crippen LogP contribution in [-0.4, -0.2) is 31.2 Å². The molecule has 4 nitrogen and oxygen atoms in total. The van der Waals surface area contributed by atoms with Gasteiger partial charge in [0.05, 0.1) is 11.2 Å². The monoisotopic (exact) mass is 263 g/mol. The zero-order valence-electron chi connectivity index (χ0n) is 11.1. The number of rotatable bonds is 4. The van der Waals surface area contributed by atoms with Gasteiger partial charge in [-0.1, -0.05) is 13.8 Å². The first-order chi connectivity index (χ1) is 8.54.